The van der Waals surface area contributed by atoms with Crippen LogP contribution in [0.4, 0.5) is 0 Å². The van der Waals surface area contributed by atoms with Crippen LogP contribution in [0.2, 0.25) is 10.0 Å². The van der Waals surface area contributed by atoms with Gasteiger partial charge in [-0.1, -0.05) is 92.1 Å². The third-order valence-corrected chi connectivity index (χ3v) is 5.11. The fourth-order valence-electron chi connectivity index (χ4n) is 3.00. The van der Waals surface area contributed by atoms with Gasteiger partial charge in [-0.05, 0) is 37.6 Å². The first-order valence-electron chi connectivity index (χ1n) is 9.97. The molecule has 0 heterocycles. The summed E-state index contributed by atoms with van der Waals surface area (Å²) in [5, 5.41) is 4.69. The number of unbranched alkanes of at least 4 members (excludes halogenated alkanes) is 5. The zero-order chi connectivity index (χ0) is 19.5. The van der Waals surface area contributed by atoms with E-state index in [0.717, 1.165) is 23.4 Å². The summed E-state index contributed by atoms with van der Waals surface area (Å²) in [5.74, 6) is 0.720. The number of nitrogens with one attached hydrogen (secondary N) is 1. The van der Waals surface area contributed by atoms with Crippen molar-refractivity contribution in [3.05, 3.63) is 63.1 Å². The number of ether oxygens (including phenoxy) is 1. The van der Waals surface area contributed by atoms with Gasteiger partial charge in [0.2, 0.25) is 0 Å². The molecule has 0 aliphatic rings. The third kappa shape index (κ3) is 8.13. The van der Waals surface area contributed by atoms with Crippen molar-refractivity contribution in [1.82, 2.24) is 5.32 Å². The highest BCUT2D eigenvalue weighted by Gasteiger charge is 2.11. The van der Waals surface area contributed by atoms with Gasteiger partial charge in [0.05, 0.1) is 5.02 Å². The van der Waals surface area contributed by atoms with E-state index in [-0.39, 0.29) is 0 Å². The Hall–Kier alpha value is -1.22. The van der Waals surface area contributed by atoms with Gasteiger partial charge in [0.25, 0.3) is 0 Å². The molecule has 2 rings (SSSR count). The van der Waals surface area contributed by atoms with Crippen LogP contribution in [0.1, 0.15) is 62.1 Å². The number of hydrogen-bond acceptors (Lipinski definition) is 2. The number of rotatable bonds is 12. The van der Waals surface area contributed by atoms with Crippen LogP contribution in [0.25, 0.3) is 0 Å². The molecule has 2 aromatic rings. The van der Waals surface area contributed by atoms with Crippen LogP contribution in [0, 0.1) is 6.92 Å². The Labute approximate surface area is 174 Å². The van der Waals surface area contributed by atoms with Gasteiger partial charge in [-0.2, -0.15) is 0 Å². The molecule has 0 amide bonds. The van der Waals surface area contributed by atoms with Crippen molar-refractivity contribution in [1.29, 1.82) is 0 Å². The van der Waals surface area contributed by atoms with Gasteiger partial charge in [0.15, 0.2) is 0 Å². The summed E-state index contributed by atoms with van der Waals surface area (Å²) in [6, 6.07) is 12.0. The molecule has 0 bridgehead atoms. The summed E-state index contributed by atoms with van der Waals surface area (Å²) < 4.78 is 6.04. The minimum atomic E-state index is 0.492. The Bertz CT molecular complexity index is 686. The summed E-state index contributed by atoms with van der Waals surface area (Å²) >= 11 is 12.6. The average Bonchev–Trinajstić information content (AvgIpc) is 2.64. The quantitative estimate of drug-likeness (QED) is 0.371. The van der Waals surface area contributed by atoms with Gasteiger partial charge >= 0.3 is 0 Å². The van der Waals surface area contributed by atoms with E-state index in [9.17, 15) is 0 Å². The largest absolute Gasteiger partial charge is 0.487 e. The van der Waals surface area contributed by atoms with E-state index in [1.54, 1.807) is 6.07 Å². The van der Waals surface area contributed by atoms with E-state index in [1.165, 1.54) is 44.1 Å². The van der Waals surface area contributed by atoms with Crippen LogP contribution >= 0.6 is 23.2 Å². The zero-order valence-electron chi connectivity index (χ0n) is 16.5. The van der Waals surface area contributed by atoms with Gasteiger partial charge < -0.3 is 10.1 Å². The molecule has 1 N–H and O–H groups in total. The van der Waals surface area contributed by atoms with Gasteiger partial charge in [-0.3, -0.25) is 0 Å². The van der Waals surface area contributed by atoms with E-state index in [1.807, 2.05) is 6.07 Å². The maximum atomic E-state index is 6.40. The molecule has 4 heteroatoms. The van der Waals surface area contributed by atoms with Crippen LogP contribution in [-0.4, -0.2) is 6.54 Å². The number of aryl methyl sites for hydroxylation is 1. The van der Waals surface area contributed by atoms with Crippen molar-refractivity contribution in [2.45, 2.75) is 65.5 Å². The van der Waals surface area contributed by atoms with E-state index in [0.29, 0.717) is 23.2 Å². The fourth-order valence-corrected chi connectivity index (χ4v) is 3.59. The van der Waals surface area contributed by atoms with Crippen molar-refractivity contribution >= 4 is 23.2 Å². The normalized spacial score (nSPS) is 11.0. The van der Waals surface area contributed by atoms with Crippen LogP contribution in [0.3, 0.4) is 0 Å². The zero-order valence-corrected chi connectivity index (χ0v) is 18.0. The molecular formula is C23H31Cl2NO. The molecule has 0 spiro atoms. The molecule has 0 saturated carbocycles. The molecule has 2 nitrogen and oxygen atoms in total. The smallest absolute Gasteiger partial charge is 0.142 e. The molecule has 0 saturated heterocycles. The Balaban J connectivity index is 1.86. The minimum absolute atomic E-state index is 0.492. The molecule has 0 fully saturated rings. The molecule has 148 valence electrons. The van der Waals surface area contributed by atoms with Gasteiger partial charge in [0, 0.05) is 17.1 Å². The first kappa shape index (κ1) is 22.1. The topological polar surface area (TPSA) is 21.3 Å². The van der Waals surface area contributed by atoms with E-state index in [2.05, 4.69) is 43.4 Å². The van der Waals surface area contributed by atoms with Crippen LogP contribution in [0.15, 0.2) is 36.4 Å². The van der Waals surface area contributed by atoms with E-state index in [4.69, 9.17) is 27.9 Å². The number of halogens is 2. The Morgan fingerprint density at radius 2 is 1.63 bits per heavy atom. The second-order valence-corrected chi connectivity index (χ2v) is 7.94. The highest BCUT2D eigenvalue weighted by atomic mass is 35.5. The fraction of sp³-hybridized carbons (Fsp3) is 0.478. The van der Waals surface area contributed by atoms with Crippen molar-refractivity contribution in [3.63, 3.8) is 0 Å². The van der Waals surface area contributed by atoms with Crippen molar-refractivity contribution in [2.75, 3.05) is 6.54 Å². The van der Waals surface area contributed by atoms with Crippen molar-refractivity contribution in [2.24, 2.45) is 0 Å². The first-order valence-corrected chi connectivity index (χ1v) is 10.7. The van der Waals surface area contributed by atoms with Crippen LogP contribution in [0.5, 0.6) is 5.75 Å². The standard InChI is InChI=1S/C23H31Cl2NO/c1-3-4-5-6-7-8-13-26-16-20-14-21(24)15-22(25)23(20)27-17-19-11-9-18(2)10-12-19/h9-12,14-15,26H,3-8,13,16-17H2,1-2H3. The maximum Gasteiger partial charge on any atom is 0.142 e. The SMILES string of the molecule is CCCCCCCCNCc1cc(Cl)cc(Cl)c1OCc1ccc(C)cc1. The summed E-state index contributed by atoms with van der Waals surface area (Å²) in [4.78, 5) is 0. The van der Waals surface area contributed by atoms with Gasteiger partial charge in [-0.25, -0.2) is 0 Å². The minimum Gasteiger partial charge on any atom is -0.487 e. The molecule has 0 aliphatic carbocycles. The highest BCUT2D eigenvalue weighted by molar-refractivity contribution is 6.35. The van der Waals surface area contributed by atoms with Crippen molar-refractivity contribution < 1.29 is 4.74 Å². The highest BCUT2D eigenvalue weighted by Crippen LogP contribution is 2.33. The van der Waals surface area contributed by atoms with E-state index < -0.39 is 0 Å². The molecule has 0 unspecified atom stereocenters. The molecule has 0 aromatic heterocycles. The lowest BCUT2D eigenvalue weighted by Gasteiger charge is -2.15. The first-order chi connectivity index (χ1) is 13.1. The Morgan fingerprint density at radius 1 is 0.926 bits per heavy atom. The molecular weight excluding hydrogens is 377 g/mol. The monoisotopic (exact) mass is 407 g/mol. The molecule has 2 aromatic carbocycles. The van der Waals surface area contributed by atoms with Crippen LogP contribution < -0.4 is 10.1 Å². The van der Waals surface area contributed by atoms with Gasteiger partial charge in [0.1, 0.15) is 12.4 Å². The maximum absolute atomic E-state index is 6.40. The lowest BCUT2D eigenvalue weighted by atomic mass is 10.1. The molecule has 27 heavy (non-hydrogen) atoms. The summed E-state index contributed by atoms with van der Waals surface area (Å²) in [5.41, 5.74) is 3.37. The van der Waals surface area contributed by atoms with E-state index >= 15 is 0 Å². The summed E-state index contributed by atoms with van der Waals surface area (Å²) in [6.07, 6.45) is 7.77. The summed E-state index contributed by atoms with van der Waals surface area (Å²) in [6.45, 7) is 6.52. The van der Waals surface area contributed by atoms with Crippen LogP contribution in [-0.2, 0) is 13.2 Å². The third-order valence-electron chi connectivity index (χ3n) is 4.61. The number of benzene rings is 2. The van der Waals surface area contributed by atoms with Crippen molar-refractivity contribution in [3.8, 4) is 5.75 Å². The lowest BCUT2D eigenvalue weighted by molar-refractivity contribution is 0.302. The lowest BCUT2D eigenvalue weighted by Crippen LogP contribution is -2.15. The predicted octanol–water partition coefficient (Wildman–Crippen LogP) is 7.33. The molecule has 0 radical (unpaired) electrons. The predicted molar refractivity (Wildman–Crippen MR) is 117 cm³/mol. The van der Waals surface area contributed by atoms with Gasteiger partial charge in [-0.15, -0.1) is 0 Å². The summed E-state index contributed by atoms with van der Waals surface area (Å²) in [7, 11) is 0. The number of hydrogen-bond donors (Lipinski definition) is 1. The Morgan fingerprint density at radius 3 is 2.37 bits per heavy atom. The Kier molecular flexibility index (Phi) is 10.0. The second kappa shape index (κ2) is 12.3. The molecule has 0 atom stereocenters. The second-order valence-electron chi connectivity index (χ2n) is 7.09. The average molecular weight is 408 g/mol. The molecule has 0 aliphatic heterocycles.